The Bertz CT molecular complexity index is 2460. The average molecular weight is 1060 g/mol. The number of hydrogen-bond donors (Lipinski definition) is 2. The van der Waals surface area contributed by atoms with Gasteiger partial charge in [0.15, 0.2) is 0 Å². The lowest BCUT2D eigenvalue weighted by molar-refractivity contribution is -0.256. The molecule has 0 aromatic heterocycles. The van der Waals surface area contributed by atoms with Crippen LogP contribution in [0.5, 0.6) is 11.5 Å². The number of benzene rings is 4. The van der Waals surface area contributed by atoms with Gasteiger partial charge >= 0.3 is 6.09 Å². The van der Waals surface area contributed by atoms with Crippen LogP contribution in [0.2, 0.25) is 0 Å². The molecule has 2 N–H and O–H groups in total. The molecular weight excluding hydrogens is 973 g/mol. The van der Waals surface area contributed by atoms with Crippen molar-refractivity contribution in [1.82, 2.24) is 4.90 Å². The number of carbonyl (C=O) groups is 1. The van der Waals surface area contributed by atoms with Gasteiger partial charge in [0.2, 0.25) is 12.1 Å². The Morgan fingerprint density at radius 3 is 2.36 bits per heavy atom. The number of carbonyl (C=O) groups excluding carboxylic acids is 1. The fourth-order valence-corrected chi connectivity index (χ4v) is 13.0. The van der Waals surface area contributed by atoms with Gasteiger partial charge in [-0.2, -0.15) is 0 Å². The van der Waals surface area contributed by atoms with E-state index in [2.05, 4.69) is 80.2 Å². The van der Waals surface area contributed by atoms with Gasteiger partial charge in [-0.15, -0.1) is 18.3 Å². The predicted molar refractivity (Wildman–Crippen MR) is 305 cm³/mol. The number of oxime groups is 1. The van der Waals surface area contributed by atoms with Crippen LogP contribution in [0, 0.1) is 17.8 Å². The van der Waals surface area contributed by atoms with Crippen molar-refractivity contribution >= 4 is 34.3 Å². The Balaban J connectivity index is 1.22. The summed E-state index contributed by atoms with van der Waals surface area (Å²) in [5, 5.41) is 27.5. The van der Waals surface area contributed by atoms with Crippen molar-refractivity contribution in [3.05, 3.63) is 126 Å². The predicted octanol–water partition coefficient (Wildman–Crippen LogP) is 14.7. The maximum absolute atomic E-state index is 15.4. The molecular formula is C64H86N2O9S. The second-order valence-corrected chi connectivity index (χ2v) is 22.4. The van der Waals surface area contributed by atoms with Gasteiger partial charge in [-0.05, 0) is 109 Å². The van der Waals surface area contributed by atoms with E-state index in [0.717, 1.165) is 109 Å². The molecule has 1 amide bonds. The Hall–Kier alpha value is -4.85. The van der Waals surface area contributed by atoms with Crippen molar-refractivity contribution in [3.8, 4) is 11.5 Å². The van der Waals surface area contributed by atoms with Gasteiger partial charge in [0.25, 0.3) is 0 Å². The van der Waals surface area contributed by atoms with E-state index >= 15 is 4.79 Å². The van der Waals surface area contributed by atoms with Crippen LogP contribution in [0.15, 0.2) is 125 Å². The minimum absolute atomic E-state index is 0.0645. The zero-order valence-corrected chi connectivity index (χ0v) is 46.2. The van der Waals surface area contributed by atoms with E-state index in [-0.39, 0.29) is 50.5 Å². The SMILES string of the molecule is C=CCO[C@@]12Oc3ccc(OCCSc4ccccc4)cc3[C@H]3[C@H](CCCCO)[C@@H](CCCCO)C=C(C(=NOC4CCCCO4)C[C@@H]1N(Cc1cccc4ccccc14)C(=O)OCCCCCCCCCCCC)[C@H]32. The Morgan fingerprint density at radius 2 is 1.59 bits per heavy atom. The van der Waals surface area contributed by atoms with E-state index in [4.69, 9.17) is 33.7 Å². The van der Waals surface area contributed by atoms with Crippen LogP contribution in [0.25, 0.3) is 10.8 Å². The van der Waals surface area contributed by atoms with Crippen LogP contribution < -0.4 is 9.47 Å². The van der Waals surface area contributed by atoms with Crippen molar-refractivity contribution in [3.63, 3.8) is 0 Å². The van der Waals surface area contributed by atoms with E-state index < -0.39 is 30.1 Å². The molecule has 0 radical (unpaired) electrons. The highest BCUT2D eigenvalue weighted by atomic mass is 32.2. The van der Waals surface area contributed by atoms with Gasteiger partial charge in [0, 0.05) is 48.2 Å². The molecule has 12 heteroatoms. The lowest BCUT2D eigenvalue weighted by atomic mass is 9.55. The number of hydrogen-bond acceptors (Lipinski definition) is 11. The highest BCUT2D eigenvalue weighted by molar-refractivity contribution is 7.99. The topological polar surface area (TPSA) is 129 Å². The van der Waals surface area contributed by atoms with Crippen molar-refractivity contribution in [2.45, 2.75) is 171 Å². The summed E-state index contributed by atoms with van der Waals surface area (Å²) in [6, 6.07) is 30.4. The van der Waals surface area contributed by atoms with Gasteiger partial charge < -0.3 is 38.7 Å². The first kappa shape index (κ1) is 57.3. The average Bonchev–Trinajstić information content (AvgIpc) is 3.46. The fourth-order valence-electron chi connectivity index (χ4n) is 12.2. The normalized spacial score (nSPS) is 23.2. The number of aliphatic hydroxyl groups excluding tert-OH is 2. The van der Waals surface area contributed by atoms with E-state index in [9.17, 15) is 10.2 Å². The zero-order chi connectivity index (χ0) is 52.8. The molecule has 1 saturated carbocycles. The second kappa shape index (κ2) is 30.3. The quantitative estimate of drug-likeness (QED) is 0.0211. The summed E-state index contributed by atoms with van der Waals surface area (Å²) in [5.74, 6) is 0.240. The van der Waals surface area contributed by atoms with E-state index in [1.807, 2.05) is 35.2 Å². The first-order chi connectivity index (χ1) is 37.5. The monoisotopic (exact) mass is 1060 g/mol. The maximum Gasteiger partial charge on any atom is 0.410 e. The first-order valence-corrected chi connectivity index (χ1v) is 30.0. The van der Waals surface area contributed by atoms with E-state index in [1.54, 1.807) is 17.8 Å². The molecule has 412 valence electrons. The van der Waals surface area contributed by atoms with Gasteiger partial charge in [0.1, 0.15) is 17.5 Å². The number of nitrogens with zero attached hydrogens (tertiary/aromatic N) is 2. The number of rotatable bonds is 32. The van der Waals surface area contributed by atoms with Crippen LogP contribution in [0.1, 0.15) is 152 Å². The minimum Gasteiger partial charge on any atom is -0.493 e. The van der Waals surface area contributed by atoms with Gasteiger partial charge in [-0.1, -0.05) is 156 Å². The summed E-state index contributed by atoms with van der Waals surface area (Å²) >= 11 is 1.76. The number of allylic oxidation sites excluding steroid dienone is 1. The molecule has 0 spiro atoms. The smallest absolute Gasteiger partial charge is 0.410 e. The third-order valence-corrected chi connectivity index (χ3v) is 17.0. The molecule has 2 aliphatic heterocycles. The Labute approximate surface area is 457 Å². The number of unbranched alkanes of at least 4 members (excludes halogenated alkanes) is 11. The first-order valence-electron chi connectivity index (χ1n) is 29.0. The van der Waals surface area contributed by atoms with Crippen LogP contribution in [-0.4, -0.2) is 90.4 Å². The number of fused-ring (bicyclic) bond motifs is 3. The molecule has 4 aromatic rings. The lowest BCUT2D eigenvalue weighted by Gasteiger charge is -2.60. The number of aliphatic hydroxyl groups is 2. The molecule has 76 heavy (non-hydrogen) atoms. The molecule has 4 aromatic carbocycles. The summed E-state index contributed by atoms with van der Waals surface area (Å²) in [6.07, 6.45) is 22.7. The number of thioether (sulfide) groups is 1. The third kappa shape index (κ3) is 15.0. The second-order valence-electron chi connectivity index (χ2n) is 21.2. The van der Waals surface area contributed by atoms with Crippen LogP contribution in [-0.2, 0) is 25.6 Å². The zero-order valence-electron chi connectivity index (χ0n) is 45.3. The summed E-state index contributed by atoms with van der Waals surface area (Å²) in [4.78, 5) is 24.9. The molecule has 2 heterocycles. The Morgan fingerprint density at radius 1 is 0.842 bits per heavy atom. The fraction of sp³-hybridized carbons (Fsp3) is 0.562. The van der Waals surface area contributed by atoms with E-state index in [1.165, 1.54) is 49.8 Å². The lowest BCUT2D eigenvalue weighted by Crippen LogP contribution is -2.70. The molecule has 2 fully saturated rings. The van der Waals surface area contributed by atoms with Gasteiger partial charge in [0.05, 0.1) is 44.6 Å². The molecule has 1 saturated heterocycles. The standard InChI is InChI=1S/C64H86N2O9S/c1-3-5-6-7-8-9-10-11-12-23-41-72-63(69)66(47-50-29-25-28-48-26-16-17-32-53(48)50)59-46-57(65-75-60-34-20-24-40-71-60)55-44-49(27-18-21-37-67)54(33-19-22-38-68)61-56-45-51(70-42-43-76-52-30-14-13-15-31-52)35-36-58(56)74-64(59,62(55)61)73-39-4-2/h4,13-17,25-26,28-32,35-36,44-45,49,54,59-62,67-68H,2-3,5-12,18-24,27,33-34,37-43,46-47H2,1H3/t49-,54+,59-,60?,61+,62+,64+/m0/s1. The molecule has 7 atom stereocenters. The largest absolute Gasteiger partial charge is 0.493 e. The van der Waals surface area contributed by atoms with Gasteiger partial charge in [-0.3, -0.25) is 4.90 Å². The molecule has 4 aliphatic rings. The molecule has 11 nitrogen and oxygen atoms in total. The molecule has 1 unspecified atom stereocenters. The van der Waals surface area contributed by atoms with Crippen molar-refractivity contribution in [2.24, 2.45) is 22.9 Å². The summed E-state index contributed by atoms with van der Waals surface area (Å²) in [6.45, 7) is 8.44. The molecule has 2 aliphatic carbocycles. The van der Waals surface area contributed by atoms with Crippen LogP contribution >= 0.6 is 11.8 Å². The van der Waals surface area contributed by atoms with Crippen molar-refractivity contribution in [2.75, 3.05) is 45.4 Å². The summed E-state index contributed by atoms with van der Waals surface area (Å²) in [5.41, 5.74) is 3.71. The molecule has 0 bridgehead atoms. The summed E-state index contributed by atoms with van der Waals surface area (Å²) < 4.78 is 34.1. The third-order valence-electron chi connectivity index (χ3n) is 16.0. The van der Waals surface area contributed by atoms with Gasteiger partial charge in [-0.25, -0.2) is 4.79 Å². The van der Waals surface area contributed by atoms with Crippen molar-refractivity contribution < 1.29 is 43.5 Å². The highest BCUT2D eigenvalue weighted by Gasteiger charge is 2.66. The molecule has 8 rings (SSSR count). The van der Waals surface area contributed by atoms with Crippen LogP contribution in [0.3, 0.4) is 0 Å². The highest BCUT2D eigenvalue weighted by Crippen LogP contribution is 2.62. The van der Waals surface area contributed by atoms with E-state index in [0.29, 0.717) is 38.4 Å². The maximum atomic E-state index is 15.4. The van der Waals surface area contributed by atoms with Crippen LogP contribution in [0.4, 0.5) is 4.79 Å². The summed E-state index contributed by atoms with van der Waals surface area (Å²) in [7, 11) is 0. The van der Waals surface area contributed by atoms with Crippen molar-refractivity contribution in [1.29, 1.82) is 0 Å². The minimum atomic E-state index is -1.45. The number of ether oxygens (including phenoxy) is 5. The number of amides is 1. The Kier molecular flexibility index (Phi) is 22.9.